The molecule has 0 radical (unpaired) electrons. The van der Waals surface area contributed by atoms with Gasteiger partial charge in [-0.1, -0.05) is 24.3 Å². The van der Waals surface area contributed by atoms with Crippen molar-refractivity contribution in [3.63, 3.8) is 0 Å². The Labute approximate surface area is 129 Å². The summed E-state index contributed by atoms with van der Waals surface area (Å²) in [6, 6.07) is 11.7. The molecule has 0 atom stereocenters. The van der Waals surface area contributed by atoms with Crippen LogP contribution in [-0.4, -0.2) is 20.7 Å². The number of hydrogen-bond donors (Lipinski definition) is 1. The van der Waals surface area contributed by atoms with Gasteiger partial charge in [-0.25, -0.2) is 17.5 Å². The summed E-state index contributed by atoms with van der Waals surface area (Å²) >= 11 is 0. The van der Waals surface area contributed by atoms with Crippen molar-refractivity contribution in [2.24, 2.45) is 0 Å². The quantitative estimate of drug-likeness (QED) is 0.832. The lowest BCUT2D eigenvalue weighted by Crippen LogP contribution is -2.26. The molecule has 0 spiro atoms. The largest absolute Gasteiger partial charge is 0.295 e. The van der Waals surface area contributed by atoms with Crippen molar-refractivity contribution < 1.29 is 17.6 Å². The van der Waals surface area contributed by atoms with Gasteiger partial charge in [0.05, 0.1) is 4.90 Å². The van der Waals surface area contributed by atoms with Crippen LogP contribution in [0.4, 0.5) is 4.39 Å². The van der Waals surface area contributed by atoms with Gasteiger partial charge in [0, 0.05) is 12.1 Å². The van der Waals surface area contributed by atoms with E-state index in [1.165, 1.54) is 19.1 Å². The third kappa shape index (κ3) is 4.22. The van der Waals surface area contributed by atoms with Gasteiger partial charge in [-0.15, -0.1) is 0 Å². The molecule has 0 aliphatic carbocycles. The molecule has 0 heterocycles. The number of nitrogens with one attached hydrogen (secondary N) is 1. The second-order valence-electron chi connectivity index (χ2n) is 4.85. The Morgan fingerprint density at radius 3 is 2.18 bits per heavy atom. The van der Waals surface area contributed by atoms with E-state index >= 15 is 0 Å². The zero-order valence-corrected chi connectivity index (χ0v) is 12.9. The molecule has 2 aromatic carbocycles. The van der Waals surface area contributed by atoms with Crippen LogP contribution in [0.3, 0.4) is 0 Å². The van der Waals surface area contributed by atoms with Crippen molar-refractivity contribution in [3.05, 3.63) is 65.5 Å². The first kappa shape index (κ1) is 16.3. The standard InChI is InChI=1S/C16H16FNO3S/c1-12(19)14-4-2-13(3-5-14)10-11-18-22(20,21)16-8-6-15(17)7-9-16/h2-9,18H,10-11H2,1H3. The summed E-state index contributed by atoms with van der Waals surface area (Å²) in [6.45, 7) is 1.71. The van der Waals surface area contributed by atoms with E-state index in [-0.39, 0.29) is 17.2 Å². The minimum absolute atomic E-state index is 0.0106. The lowest BCUT2D eigenvalue weighted by molar-refractivity contribution is 0.101. The van der Waals surface area contributed by atoms with Crippen LogP contribution in [0.2, 0.25) is 0 Å². The van der Waals surface area contributed by atoms with E-state index in [0.29, 0.717) is 12.0 Å². The molecular formula is C16H16FNO3S. The number of carbonyl (C=O) groups is 1. The number of halogens is 1. The lowest BCUT2D eigenvalue weighted by atomic mass is 10.1. The van der Waals surface area contributed by atoms with Crippen molar-refractivity contribution in [2.75, 3.05) is 6.54 Å². The lowest BCUT2D eigenvalue weighted by Gasteiger charge is -2.07. The van der Waals surface area contributed by atoms with Crippen LogP contribution >= 0.6 is 0 Å². The van der Waals surface area contributed by atoms with Gasteiger partial charge in [-0.3, -0.25) is 4.79 Å². The Morgan fingerprint density at radius 2 is 1.64 bits per heavy atom. The molecule has 4 nitrogen and oxygen atoms in total. The number of rotatable bonds is 6. The van der Waals surface area contributed by atoms with Crippen molar-refractivity contribution in [2.45, 2.75) is 18.2 Å². The molecule has 22 heavy (non-hydrogen) atoms. The van der Waals surface area contributed by atoms with E-state index in [1.807, 2.05) is 0 Å². The third-order valence-electron chi connectivity index (χ3n) is 3.19. The first-order chi connectivity index (χ1) is 10.4. The predicted molar refractivity (Wildman–Crippen MR) is 81.7 cm³/mol. The highest BCUT2D eigenvalue weighted by Gasteiger charge is 2.13. The van der Waals surface area contributed by atoms with E-state index < -0.39 is 15.8 Å². The number of hydrogen-bond acceptors (Lipinski definition) is 3. The SMILES string of the molecule is CC(=O)c1ccc(CCNS(=O)(=O)c2ccc(F)cc2)cc1. The van der Waals surface area contributed by atoms with Gasteiger partial charge in [0.1, 0.15) is 5.82 Å². The third-order valence-corrected chi connectivity index (χ3v) is 4.67. The van der Waals surface area contributed by atoms with Crippen LogP contribution in [0.15, 0.2) is 53.4 Å². The fourth-order valence-electron chi connectivity index (χ4n) is 1.93. The summed E-state index contributed by atoms with van der Waals surface area (Å²) in [5, 5.41) is 0. The molecular weight excluding hydrogens is 305 g/mol. The average Bonchev–Trinajstić information content (AvgIpc) is 2.48. The zero-order chi connectivity index (χ0) is 16.2. The molecule has 0 bridgehead atoms. The van der Waals surface area contributed by atoms with E-state index in [9.17, 15) is 17.6 Å². The van der Waals surface area contributed by atoms with Crippen molar-refractivity contribution >= 4 is 15.8 Å². The summed E-state index contributed by atoms with van der Waals surface area (Å²) in [5.74, 6) is -0.493. The fourth-order valence-corrected chi connectivity index (χ4v) is 2.96. The summed E-state index contributed by atoms with van der Waals surface area (Å²) in [5.41, 5.74) is 1.54. The predicted octanol–water partition coefficient (Wildman–Crippen LogP) is 2.55. The zero-order valence-electron chi connectivity index (χ0n) is 12.0. The highest BCUT2D eigenvalue weighted by molar-refractivity contribution is 7.89. The second-order valence-corrected chi connectivity index (χ2v) is 6.62. The molecule has 6 heteroatoms. The molecule has 0 saturated carbocycles. The molecule has 2 rings (SSSR count). The number of ketones is 1. The van der Waals surface area contributed by atoms with Crippen LogP contribution in [0, 0.1) is 5.82 Å². The van der Waals surface area contributed by atoms with Gasteiger partial charge in [0.25, 0.3) is 0 Å². The normalized spacial score (nSPS) is 11.4. The molecule has 0 aliphatic heterocycles. The average molecular weight is 321 g/mol. The Hall–Kier alpha value is -2.05. The molecule has 2 aromatic rings. The summed E-state index contributed by atoms with van der Waals surface area (Å²) in [7, 11) is -3.64. The van der Waals surface area contributed by atoms with Gasteiger partial charge < -0.3 is 0 Å². The molecule has 0 saturated heterocycles. The molecule has 0 aliphatic rings. The maximum atomic E-state index is 12.8. The minimum atomic E-state index is -3.64. The number of carbonyl (C=O) groups excluding carboxylic acids is 1. The van der Waals surface area contributed by atoms with Crippen LogP contribution < -0.4 is 4.72 Å². The van der Waals surface area contributed by atoms with Gasteiger partial charge in [-0.2, -0.15) is 0 Å². The maximum Gasteiger partial charge on any atom is 0.240 e. The van der Waals surface area contributed by atoms with Crippen molar-refractivity contribution in [1.29, 1.82) is 0 Å². The van der Waals surface area contributed by atoms with Crippen molar-refractivity contribution in [1.82, 2.24) is 4.72 Å². The number of sulfonamides is 1. The highest BCUT2D eigenvalue weighted by Crippen LogP contribution is 2.10. The Morgan fingerprint density at radius 1 is 1.05 bits per heavy atom. The molecule has 0 fully saturated rings. The van der Waals surface area contributed by atoms with E-state index in [4.69, 9.17) is 0 Å². The molecule has 0 amide bonds. The maximum absolute atomic E-state index is 12.8. The van der Waals surface area contributed by atoms with Gasteiger partial charge in [0.15, 0.2) is 5.78 Å². The van der Waals surface area contributed by atoms with E-state index in [2.05, 4.69) is 4.72 Å². The van der Waals surface area contributed by atoms with Crippen LogP contribution in [0.5, 0.6) is 0 Å². The Bertz CT molecular complexity index is 753. The van der Waals surface area contributed by atoms with E-state index in [0.717, 1.165) is 17.7 Å². The molecule has 1 N–H and O–H groups in total. The molecule has 0 unspecified atom stereocenters. The first-order valence-electron chi connectivity index (χ1n) is 6.73. The van der Waals surface area contributed by atoms with E-state index in [1.54, 1.807) is 24.3 Å². The molecule has 0 aromatic heterocycles. The number of benzene rings is 2. The van der Waals surface area contributed by atoms with Crippen LogP contribution in [-0.2, 0) is 16.4 Å². The van der Waals surface area contributed by atoms with Crippen LogP contribution in [0.25, 0.3) is 0 Å². The van der Waals surface area contributed by atoms with Crippen LogP contribution in [0.1, 0.15) is 22.8 Å². The topological polar surface area (TPSA) is 63.2 Å². The minimum Gasteiger partial charge on any atom is -0.295 e. The smallest absolute Gasteiger partial charge is 0.240 e. The van der Waals surface area contributed by atoms with Gasteiger partial charge in [-0.05, 0) is 43.2 Å². The summed E-state index contributed by atoms with van der Waals surface area (Å²) < 4.78 is 39.3. The van der Waals surface area contributed by atoms with Gasteiger partial charge >= 0.3 is 0 Å². The summed E-state index contributed by atoms with van der Waals surface area (Å²) in [4.78, 5) is 11.2. The fraction of sp³-hybridized carbons (Fsp3) is 0.188. The van der Waals surface area contributed by atoms with Crippen molar-refractivity contribution in [3.8, 4) is 0 Å². The highest BCUT2D eigenvalue weighted by atomic mass is 32.2. The first-order valence-corrected chi connectivity index (χ1v) is 8.22. The summed E-state index contributed by atoms with van der Waals surface area (Å²) in [6.07, 6.45) is 0.499. The Kier molecular flexibility index (Phi) is 5.05. The Balaban J connectivity index is 1.95. The number of Topliss-reactive ketones (excluding diaryl/α,β-unsaturated/α-hetero) is 1. The monoisotopic (exact) mass is 321 g/mol. The van der Waals surface area contributed by atoms with Gasteiger partial charge in [0.2, 0.25) is 10.0 Å². The molecule has 116 valence electrons. The second kappa shape index (κ2) is 6.81.